The van der Waals surface area contributed by atoms with Crippen LogP contribution in [0.15, 0.2) is 35.9 Å². The van der Waals surface area contributed by atoms with Gasteiger partial charge < -0.3 is 10.6 Å². The first kappa shape index (κ1) is 20.2. The standard InChI is InChI=1S/C20H25N3O2S2/c24-18(16-10-4-5-11-21-16)23(20(26)27)19(25)17-15(9-6-12-22-17)13-14-7-2-1-3-8-14/h1-3,7-8,13,16-17,21-22H,4-6,9-12H2,(H,26,27). The Kier molecular flexibility index (Phi) is 7.18. The molecule has 2 unspecified atom stereocenters. The molecular formula is C20H25N3O2S2. The zero-order chi connectivity index (χ0) is 19.2. The van der Waals surface area contributed by atoms with Crippen molar-refractivity contribution in [2.75, 3.05) is 13.1 Å². The predicted octanol–water partition coefficient (Wildman–Crippen LogP) is 2.53. The van der Waals surface area contributed by atoms with Crippen LogP contribution in [-0.2, 0) is 9.59 Å². The van der Waals surface area contributed by atoms with Gasteiger partial charge in [-0.1, -0.05) is 55.0 Å². The molecule has 0 saturated carbocycles. The summed E-state index contributed by atoms with van der Waals surface area (Å²) in [5, 5.41) is 6.45. The highest BCUT2D eigenvalue weighted by atomic mass is 32.1. The first-order valence-corrected chi connectivity index (χ1v) is 10.3. The second-order valence-corrected chi connectivity index (χ2v) is 8.03. The Hall–Kier alpha value is -1.54. The van der Waals surface area contributed by atoms with Gasteiger partial charge in [-0.25, -0.2) is 4.90 Å². The number of nitrogens with one attached hydrogen (secondary N) is 2. The molecule has 27 heavy (non-hydrogen) atoms. The number of imide groups is 1. The normalized spacial score (nSPS) is 24.4. The summed E-state index contributed by atoms with van der Waals surface area (Å²) in [6.45, 7) is 1.50. The van der Waals surface area contributed by atoms with Crippen LogP contribution in [0, 0.1) is 0 Å². The smallest absolute Gasteiger partial charge is 0.256 e. The van der Waals surface area contributed by atoms with Gasteiger partial charge in [-0.05, 0) is 49.9 Å². The molecule has 1 aromatic carbocycles. The summed E-state index contributed by atoms with van der Waals surface area (Å²) in [7, 11) is 0. The van der Waals surface area contributed by atoms with E-state index in [0.29, 0.717) is 6.42 Å². The lowest BCUT2D eigenvalue weighted by atomic mass is 9.94. The third-order valence-electron chi connectivity index (χ3n) is 5.00. The van der Waals surface area contributed by atoms with Crippen molar-refractivity contribution in [1.29, 1.82) is 0 Å². The zero-order valence-corrected chi connectivity index (χ0v) is 16.9. The summed E-state index contributed by atoms with van der Waals surface area (Å²) >= 11 is 9.33. The molecule has 2 fully saturated rings. The van der Waals surface area contributed by atoms with Crippen LogP contribution >= 0.6 is 24.8 Å². The van der Waals surface area contributed by atoms with Gasteiger partial charge in [0.15, 0.2) is 0 Å². The molecule has 0 bridgehead atoms. The van der Waals surface area contributed by atoms with E-state index in [2.05, 4.69) is 23.3 Å². The minimum atomic E-state index is -0.559. The van der Waals surface area contributed by atoms with E-state index >= 15 is 0 Å². The summed E-state index contributed by atoms with van der Waals surface area (Å²) in [4.78, 5) is 27.3. The Balaban J connectivity index is 1.83. The Labute approximate surface area is 171 Å². The van der Waals surface area contributed by atoms with E-state index in [-0.39, 0.29) is 22.2 Å². The van der Waals surface area contributed by atoms with Crippen LogP contribution in [0.1, 0.15) is 37.7 Å². The van der Waals surface area contributed by atoms with Crippen molar-refractivity contribution >= 4 is 47.1 Å². The van der Waals surface area contributed by atoms with E-state index in [1.807, 2.05) is 36.4 Å². The fourth-order valence-corrected chi connectivity index (χ4v) is 4.00. The lowest BCUT2D eigenvalue weighted by molar-refractivity contribution is -0.141. The minimum Gasteiger partial charge on any atom is -0.306 e. The predicted molar refractivity (Wildman–Crippen MR) is 115 cm³/mol. The second kappa shape index (κ2) is 9.59. The maximum atomic E-state index is 13.3. The van der Waals surface area contributed by atoms with Crippen LogP contribution < -0.4 is 10.6 Å². The maximum absolute atomic E-state index is 13.3. The van der Waals surface area contributed by atoms with Crippen LogP contribution in [0.4, 0.5) is 0 Å². The molecule has 0 aliphatic carbocycles. The van der Waals surface area contributed by atoms with Crippen molar-refractivity contribution in [1.82, 2.24) is 15.5 Å². The van der Waals surface area contributed by atoms with Crippen LogP contribution in [-0.4, -0.2) is 46.2 Å². The maximum Gasteiger partial charge on any atom is 0.256 e. The number of rotatable bonds is 3. The molecule has 2 amide bonds. The Morgan fingerprint density at radius 3 is 2.48 bits per heavy atom. The van der Waals surface area contributed by atoms with Crippen LogP contribution in [0.3, 0.4) is 0 Å². The number of benzene rings is 1. The number of nitrogens with zero attached hydrogens (tertiary/aromatic N) is 1. The number of thiocarbonyl (C=S) groups is 1. The number of carbonyl (C=O) groups is 2. The largest absolute Gasteiger partial charge is 0.306 e. The number of piperidine rings is 2. The molecule has 0 radical (unpaired) electrons. The van der Waals surface area contributed by atoms with Gasteiger partial charge in [-0.15, -0.1) is 12.6 Å². The van der Waals surface area contributed by atoms with Crippen LogP contribution in [0.25, 0.3) is 6.08 Å². The fourth-order valence-electron chi connectivity index (χ4n) is 3.62. The number of hydrogen-bond acceptors (Lipinski definition) is 5. The third-order valence-corrected chi connectivity index (χ3v) is 5.38. The first-order valence-electron chi connectivity index (χ1n) is 9.41. The third kappa shape index (κ3) is 5.04. The zero-order valence-electron chi connectivity index (χ0n) is 15.2. The first-order chi connectivity index (χ1) is 13.1. The average Bonchev–Trinajstić information content (AvgIpc) is 2.69. The molecule has 2 aliphatic rings. The summed E-state index contributed by atoms with van der Waals surface area (Å²) in [5.74, 6) is -0.639. The number of carbonyl (C=O) groups excluding carboxylic acids is 2. The van der Waals surface area contributed by atoms with E-state index < -0.39 is 6.04 Å². The second-order valence-electron chi connectivity index (χ2n) is 6.92. The summed E-state index contributed by atoms with van der Waals surface area (Å²) < 4.78 is 0.00353. The van der Waals surface area contributed by atoms with Crippen LogP contribution in [0.5, 0.6) is 0 Å². The molecule has 5 nitrogen and oxygen atoms in total. The van der Waals surface area contributed by atoms with Gasteiger partial charge in [-0.3, -0.25) is 9.59 Å². The van der Waals surface area contributed by atoms with Crippen molar-refractivity contribution in [3.05, 3.63) is 41.5 Å². The van der Waals surface area contributed by atoms with Crippen molar-refractivity contribution in [2.45, 2.75) is 44.2 Å². The Bertz CT molecular complexity index is 730. The van der Waals surface area contributed by atoms with Gasteiger partial charge in [0, 0.05) is 0 Å². The van der Waals surface area contributed by atoms with Crippen molar-refractivity contribution < 1.29 is 9.59 Å². The highest BCUT2D eigenvalue weighted by molar-refractivity contribution is 8.11. The topological polar surface area (TPSA) is 61.4 Å². The van der Waals surface area contributed by atoms with Crippen molar-refractivity contribution in [3.8, 4) is 0 Å². The minimum absolute atomic E-state index is 0.00353. The molecule has 0 aromatic heterocycles. The molecule has 2 N–H and O–H groups in total. The molecule has 7 heteroatoms. The SMILES string of the molecule is O=C(C1CCCCN1)N(C(=O)C1NCCCC1=Cc1ccccc1)C(=S)S. The molecular weight excluding hydrogens is 378 g/mol. The molecule has 144 valence electrons. The van der Waals surface area contributed by atoms with Gasteiger partial charge in [0.25, 0.3) is 11.8 Å². The molecule has 2 atom stereocenters. The summed E-state index contributed by atoms with van der Waals surface area (Å²) in [6, 6.07) is 8.96. The summed E-state index contributed by atoms with van der Waals surface area (Å²) in [6.07, 6.45) is 6.50. The lowest BCUT2D eigenvalue weighted by Crippen LogP contribution is -2.57. The fraction of sp³-hybridized carbons (Fsp3) is 0.450. The number of thiol groups is 1. The lowest BCUT2D eigenvalue weighted by Gasteiger charge is -2.33. The van der Waals surface area contributed by atoms with E-state index in [0.717, 1.165) is 54.8 Å². The van der Waals surface area contributed by atoms with Gasteiger partial charge in [-0.2, -0.15) is 0 Å². The molecule has 1 aromatic rings. The van der Waals surface area contributed by atoms with E-state index in [1.54, 1.807) is 0 Å². The van der Waals surface area contributed by atoms with E-state index in [9.17, 15) is 9.59 Å². The van der Waals surface area contributed by atoms with Crippen LogP contribution in [0.2, 0.25) is 0 Å². The highest BCUT2D eigenvalue weighted by Gasteiger charge is 2.37. The molecule has 0 spiro atoms. The Morgan fingerprint density at radius 1 is 1.07 bits per heavy atom. The Morgan fingerprint density at radius 2 is 1.81 bits per heavy atom. The monoisotopic (exact) mass is 403 g/mol. The van der Waals surface area contributed by atoms with Gasteiger partial charge in [0.1, 0.15) is 10.4 Å². The molecule has 2 saturated heterocycles. The molecule has 3 rings (SSSR count). The van der Waals surface area contributed by atoms with Crippen molar-refractivity contribution in [3.63, 3.8) is 0 Å². The van der Waals surface area contributed by atoms with Crippen molar-refractivity contribution in [2.24, 2.45) is 0 Å². The van der Waals surface area contributed by atoms with Gasteiger partial charge in [0.2, 0.25) is 0 Å². The number of hydrogen-bond donors (Lipinski definition) is 3. The van der Waals surface area contributed by atoms with Gasteiger partial charge >= 0.3 is 0 Å². The summed E-state index contributed by atoms with van der Waals surface area (Å²) in [5.41, 5.74) is 2.01. The molecule has 2 heterocycles. The quantitative estimate of drug-likeness (QED) is 0.411. The van der Waals surface area contributed by atoms with E-state index in [4.69, 9.17) is 12.2 Å². The highest BCUT2D eigenvalue weighted by Crippen LogP contribution is 2.22. The van der Waals surface area contributed by atoms with E-state index in [1.165, 1.54) is 0 Å². The molecule has 2 aliphatic heterocycles. The average molecular weight is 404 g/mol. The number of amides is 2. The van der Waals surface area contributed by atoms with Gasteiger partial charge in [0.05, 0.1) is 6.04 Å².